The lowest BCUT2D eigenvalue weighted by atomic mass is 10.2. The fourth-order valence-electron chi connectivity index (χ4n) is 2.41. The van der Waals surface area contributed by atoms with Gasteiger partial charge in [0.15, 0.2) is 0 Å². The number of ether oxygens (including phenoxy) is 1. The Balaban J connectivity index is 1.91. The molecule has 0 saturated carbocycles. The summed E-state index contributed by atoms with van der Waals surface area (Å²) in [5.74, 6) is 1.26. The summed E-state index contributed by atoms with van der Waals surface area (Å²) < 4.78 is 7.22. The quantitative estimate of drug-likeness (QED) is 0.531. The molecule has 9 heteroatoms. The smallest absolute Gasteiger partial charge is 0.435 e. The highest BCUT2D eigenvalue weighted by Crippen LogP contribution is 2.26. The van der Waals surface area contributed by atoms with Crippen LogP contribution in [0.5, 0.6) is 0 Å². The molecule has 0 aliphatic heterocycles. The van der Waals surface area contributed by atoms with Crippen molar-refractivity contribution >= 4 is 57.0 Å². The molecule has 0 spiro atoms. The zero-order valence-electron chi connectivity index (χ0n) is 14.5. The van der Waals surface area contributed by atoms with Gasteiger partial charge in [0, 0.05) is 18.1 Å². The van der Waals surface area contributed by atoms with E-state index < -0.39 is 6.09 Å². The van der Waals surface area contributed by atoms with E-state index in [-0.39, 0.29) is 0 Å². The molecule has 136 valence electrons. The fraction of sp³-hybridized carbons (Fsp3) is 0.294. The van der Waals surface area contributed by atoms with Crippen molar-refractivity contribution < 1.29 is 9.53 Å². The molecular weight excluding hydrogens is 447 g/mol. The first-order chi connectivity index (χ1) is 12.6. The third kappa shape index (κ3) is 3.87. The van der Waals surface area contributed by atoms with Gasteiger partial charge in [-0.25, -0.2) is 9.78 Å². The fourth-order valence-corrected chi connectivity index (χ4v) is 2.86. The largest absolute Gasteiger partial charge is 0.448 e. The highest BCUT2D eigenvalue weighted by molar-refractivity contribution is 14.1. The van der Waals surface area contributed by atoms with Crippen LogP contribution in [-0.2, 0) is 4.74 Å². The number of halogens is 1. The zero-order chi connectivity index (χ0) is 18.5. The number of aromatic nitrogens is 4. The highest BCUT2D eigenvalue weighted by Gasteiger charge is 2.14. The summed E-state index contributed by atoms with van der Waals surface area (Å²) in [4.78, 5) is 20.9. The molecule has 8 nitrogen and oxygen atoms in total. The van der Waals surface area contributed by atoms with Crippen molar-refractivity contribution in [2.24, 2.45) is 0 Å². The molecule has 0 atom stereocenters. The molecule has 3 aromatic rings. The van der Waals surface area contributed by atoms with Crippen molar-refractivity contribution in [3.05, 3.63) is 34.2 Å². The predicted octanol–water partition coefficient (Wildman–Crippen LogP) is 4.00. The van der Waals surface area contributed by atoms with E-state index in [0.29, 0.717) is 18.1 Å². The Morgan fingerprint density at radius 2 is 2.15 bits per heavy atom. The number of hydrogen-bond donors (Lipinski definition) is 2. The lowest BCUT2D eigenvalue weighted by Gasteiger charge is -2.10. The number of rotatable bonds is 6. The molecule has 0 fully saturated rings. The maximum atomic E-state index is 12.0. The number of fused-ring (bicyclic) bond motifs is 1. The van der Waals surface area contributed by atoms with Gasteiger partial charge in [-0.15, -0.1) is 0 Å². The Morgan fingerprint density at radius 1 is 1.31 bits per heavy atom. The van der Waals surface area contributed by atoms with E-state index in [1.807, 2.05) is 18.2 Å². The minimum Gasteiger partial charge on any atom is -0.448 e. The van der Waals surface area contributed by atoms with Crippen molar-refractivity contribution in [1.82, 2.24) is 19.7 Å². The molecule has 2 aromatic heterocycles. The van der Waals surface area contributed by atoms with Crippen LogP contribution in [-0.4, -0.2) is 39.0 Å². The Hall–Kier alpha value is -2.43. The average molecular weight is 466 g/mol. The number of hydrogen-bond acceptors (Lipinski definition) is 7. The maximum Gasteiger partial charge on any atom is 0.435 e. The van der Waals surface area contributed by atoms with E-state index >= 15 is 0 Å². The summed E-state index contributed by atoms with van der Waals surface area (Å²) in [6.45, 7) is 4.99. The van der Waals surface area contributed by atoms with Gasteiger partial charge in [0.25, 0.3) is 0 Å². The minimum atomic E-state index is -0.504. The van der Waals surface area contributed by atoms with Crippen molar-refractivity contribution in [1.29, 1.82) is 0 Å². The van der Waals surface area contributed by atoms with E-state index in [0.717, 1.165) is 33.4 Å². The second kappa shape index (κ2) is 8.30. The van der Waals surface area contributed by atoms with Crippen LogP contribution in [0, 0.1) is 3.57 Å². The first kappa shape index (κ1) is 18.4. The van der Waals surface area contributed by atoms with Crippen LogP contribution in [0.1, 0.15) is 20.3 Å². The van der Waals surface area contributed by atoms with Crippen LogP contribution in [0.25, 0.3) is 10.9 Å². The maximum absolute atomic E-state index is 12.0. The van der Waals surface area contributed by atoms with Crippen LogP contribution in [0.3, 0.4) is 0 Å². The third-order valence-electron chi connectivity index (χ3n) is 3.59. The monoisotopic (exact) mass is 466 g/mol. The molecule has 0 unspecified atom stereocenters. The molecule has 0 amide bonds. The Labute approximate surface area is 164 Å². The Morgan fingerprint density at radius 3 is 2.92 bits per heavy atom. The molecule has 2 N–H and O–H groups in total. The molecule has 26 heavy (non-hydrogen) atoms. The Bertz CT molecular complexity index is 927. The van der Waals surface area contributed by atoms with Gasteiger partial charge in [0.05, 0.1) is 27.6 Å². The van der Waals surface area contributed by atoms with E-state index in [1.54, 1.807) is 19.3 Å². The summed E-state index contributed by atoms with van der Waals surface area (Å²) in [6.07, 6.45) is 3.89. The number of nitrogens with one attached hydrogen (secondary N) is 2. The second-order valence-corrected chi connectivity index (χ2v) is 6.60. The molecule has 0 aliphatic rings. The highest BCUT2D eigenvalue weighted by atomic mass is 127. The average Bonchev–Trinajstić information content (AvgIpc) is 3.07. The number of carbonyl (C=O) groups is 1. The van der Waals surface area contributed by atoms with Gasteiger partial charge < -0.3 is 15.4 Å². The van der Waals surface area contributed by atoms with Crippen molar-refractivity contribution in [3.8, 4) is 0 Å². The van der Waals surface area contributed by atoms with Gasteiger partial charge in [-0.05, 0) is 48.1 Å². The van der Waals surface area contributed by atoms with Crippen molar-refractivity contribution in [2.45, 2.75) is 20.3 Å². The second-order valence-electron chi connectivity index (χ2n) is 5.44. The van der Waals surface area contributed by atoms with E-state index in [1.165, 1.54) is 4.68 Å². The van der Waals surface area contributed by atoms with Gasteiger partial charge in [0.1, 0.15) is 5.82 Å². The topological polar surface area (TPSA) is 94.0 Å². The normalized spacial score (nSPS) is 10.7. The van der Waals surface area contributed by atoms with Crippen molar-refractivity contribution in [2.75, 3.05) is 23.8 Å². The number of anilines is 3. The van der Waals surface area contributed by atoms with Crippen LogP contribution >= 0.6 is 22.6 Å². The van der Waals surface area contributed by atoms with Gasteiger partial charge >= 0.3 is 6.09 Å². The first-order valence-corrected chi connectivity index (χ1v) is 9.39. The summed E-state index contributed by atoms with van der Waals surface area (Å²) in [6, 6.07) is 5.54. The van der Waals surface area contributed by atoms with Gasteiger partial charge in [-0.2, -0.15) is 14.8 Å². The molecular formula is C17H19IN6O2. The van der Waals surface area contributed by atoms with Crippen LogP contribution < -0.4 is 10.6 Å². The lowest BCUT2D eigenvalue weighted by molar-refractivity contribution is 0.151. The molecule has 1 aromatic carbocycles. The van der Waals surface area contributed by atoms with Crippen LogP contribution in [0.15, 0.2) is 30.6 Å². The summed E-state index contributed by atoms with van der Waals surface area (Å²) in [5, 5.41) is 11.4. The van der Waals surface area contributed by atoms with Gasteiger partial charge in [-0.3, -0.25) is 0 Å². The zero-order valence-corrected chi connectivity index (χ0v) is 16.6. The standard InChI is InChI=1S/C17H19IN6O2/c1-3-8-19-15-12(18)10-20-16(23-15)22-13-6-5-7-14-11(13)9-21-24(14)17(25)26-4-2/h5-7,9-10H,3-4,8H2,1-2H3,(H2,19,20,22,23). The van der Waals surface area contributed by atoms with Crippen LogP contribution in [0.4, 0.5) is 22.2 Å². The first-order valence-electron chi connectivity index (χ1n) is 8.31. The van der Waals surface area contributed by atoms with Crippen molar-refractivity contribution in [3.63, 3.8) is 0 Å². The molecule has 0 saturated heterocycles. The lowest BCUT2D eigenvalue weighted by Crippen LogP contribution is -2.14. The SMILES string of the molecule is CCCNc1nc(Nc2cccc3c2cnn3C(=O)OCC)ncc1I. The Kier molecular flexibility index (Phi) is 5.86. The van der Waals surface area contributed by atoms with Gasteiger partial charge in [-0.1, -0.05) is 13.0 Å². The van der Waals surface area contributed by atoms with Crippen LogP contribution in [0.2, 0.25) is 0 Å². The molecule has 0 radical (unpaired) electrons. The molecule has 3 rings (SSSR count). The minimum absolute atomic E-state index is 0.294. The number of nitrogens with zero attached hydrogens (tertiary/aromatic N) is 4. The van der Waals surface area contributed by atoms with E-state index in [4.69, 9.17) is 4.74 Å². The van der Waals surface area contributed by atoms with Gasteiger partial charge in [0.2, 0.25) is 5.95 Å². The third-order valence-corrected chi connectivity index (χ3v) is 4.38. The summed E-state index contributed by atoms with van der Waals surface area (Å²) in [7, 11) is 0. The molecule has 0 aliphatic carbocycles. The van der Waals surface area contributed by atoms with E-state index in [9.17, 15) is 4.79 Å². The number of benzene rings is 1. The molecule has 2 heterocycles. The molecule has 0 bridgehead atoms. The summed E-state index contributed by atoms with van der Waals surface area (Å²) in [5.41, 5.74) is 1.42. The number of carbonyl (C=O) groups excluding carboxylic acids is 1. The summed E-state index contributed by atoms with van der Waals surface area (Å²) >= 11 is 2.20. The predicted molar refractivity (Wildman–Crippen MR) is 109 cm³/mol. The van der Waals surface area contributed by atoms with E-state index in [2.05, 4.69) is 55.2 Å².